The Morgan fingerprint density at radius 1 is 1.36 bits per heavy atom. The van der Waals surface area contributed by atoms with Gasteiger partial charge in [0.1, 0.15) is 0 Å². The molecule has 7 heteroatoms. The number of unbranched alkanes of at least 4 members (excludes halogenated alkanes) is 1. The van der Waals surface area contributed by atoms with E-state index < -0.39 is 0 Å². The van der Waals surface area contributed by atoms with E-state index in [1.165, 1.54) is 7.11 Å². The Morgan fingerprint density at radius 3 is 2.80 bits per heavy atom. The molecule has 136 valence electrons. The summed E-state index contributed by atoms with van der Waals surface area (Å²) in [5.74, 6) is -0.722. The van der Waals surface area contributed by atoms with Gasteiger partial charge in [-0.25, -0.2) is 0 Å². The molecule has 2 rings (SSSR count). The van der Waals surface area contributed by atoms with Crippen LogP contribution in [0, 0.1) is 12.8 Å². The summed E-state index contributed by atoms with van der Waals surface area (Å²) in [5, 5.41) is 2.85. The van der Waals surface area contributed by atoms with Crippen molar-refractivity contribution < 1.29 is 19.1 Å². The zero-order chi connectivity index (χ0) is 18.4. The summed E-state index contributed by atoms with van der Waals surface area (Å²) >= 11 is 3.45. The molecule has 1 N–H and O–H groups in total. The second-order valence-electron chi connectivity index (χ2n) is 6.16. The molecule has 0 spiro atoms. The highest BCUT2D eigenvalue weighted by molar-refractivity contribution is 9.10. The van der Waals surface area contributed by atoms with Crippen molar-refractivity contribution >= 4 is 39.4 Å². The normalized spacial score (nSPS) is 16.8. The van der Waals surface area contributed by atoms with Crippen molar-refractivity contribution in [3.8, 4) is 0 Å². The minimum absolute atomic E-state index is 0.0347. The second-order valence-corrected chi connectivity index (χ2v) is 7.02. The Hall–Kier alpha value is -1.89. The summed E-state index contributed by atoms with van der Waals surface area (Å²) in [7, 11) is 1.36. The molecule has 0 aliphatic carbocycles. The fourth-order valence-corrected chi connectivity index (χ4v) is 3.03. The van der Waals surface area contributed by atoms with Crippen LogP contribution in [0.25, 0.3) is 0 Å². The van der Waals surface area contributed by atoms with Crippen LogP contribution in [-0.4, -0.2) is 38.0 Å². The van der Waals surface area contributed by atoms with Crippen LogP contribution in [0.2, 0.25) is 0 Å². The number of nitrogens with one attached hydrogen (secondary N) is 1. The van der Waals surface area contributed by atoms with Crippen molar-refractivity contribution in [3.05, 3.63) is 28.2 Å². The van der Waals surface area contributed by atoms with Gasteiger partial charge in [0.05, 0.1) is 13.0 Å². The summed E-state index contributed by atoms with van der Waals surface area (Å²) < 4.78 is 5.56. The Balaban J connectivity index is 1.81. The monoisotopic (exact) mass is 410 g/mol. The van der Waals surface area contributed by atoms with E-state index >= 15 is 0 Å². The highest BCUT2D eigenvalue weighted by Gasteiger charge is 2.35. The molecular weight excluding hydrogens is 388 g/mol. The number of hydrogen-bond acceptors (Lipinski definition) is 4. The molecule has 0 aromatic heterocycles. The highest BCUT2D eigenvalue weighted by atomic mass is 79.9. The number of halogens is 1. The molecule has 1 fully saturated rings. The molecule has 25 heavy (non-hydrogen) atoms. The molecule has 1 unspecified atom stereocenters. The van der Waals surface area contributed by atoms with Gasteiger partial charge in [-0.05, 0) is 43.5 Å². The maximum atomic E-state index is 12.3. The van der Waals surface area contributed by atoms with Gasteiger partial charge in [0.25, 0.3) is 0 Å². The van der Waals surface area contributed by atoms with E-state index in [9.17, 15) is 14.4 Å². The predicted octanol–water partition coefficient (Wildman–Crippen LogP) is 2.57. The zero-order valence-electron chi connectivity index (χ0n) is 14.5. The number of carbonyl (C=O) groups excluding carboxylic acids is 3. The van der Waals surface area contributed by atoms with Crippen molar-refractivity contribution in [2.45, 2.75) is 32.6 Å². The lowest BCUT2D eigenvalue weighted by Crippen LogP contribution is -2.33. The number of esters is 1. The van der Waals surface area contributed by atoms with Gasteiger partial charge in [-0.15, -0.1) is 0 Å². The van der Waals surface area contributed by atoms with Gasteiger partial charge < -0.3 is 15.0 Å². The molecule has 0 radical (unpaired) electrons. The van der Waals surface area contributed by atoms with E-state index in [1.54, 1.807) is 4.90 Å². The van der Waals surface area contributed by atoms with Crippen LogP contribution >= 0.6 is 15.9 Å². The van der Waals surface area contributed by atoms with Crippen molar-refractivity contribution in [1.29, 1.82) is 0 Å². The van der Waals surface area contributed by atoms with Crippen LogP contribution < -0.4 is 10.2 Å². The Kier molecular flexibility index (Phi) is 6.99. The number of aryl methyl sites for hydroxylation is 1. The Bertz CT molecular complexity index is 662. The summed E-state index contributed by atoms with van der Waals surface area (Å²) in [6.07, 6.45) is 1.95. The first-order valence-corrected chi connectivity index (χ1v) is 9.12. The molecule has 0 saturated carbocycles. The molecule has 1 aromatic rings. The third-order valence-corrected chi connectivity index (χ3v) is 5.17. The van der Waals surface area contributed by atoms with Gasteiger partial charge in [0, 0.05) is 36.1 Å². The minimum atomic E-state index is -0.336. The van der Waals surface area contributed by atoms with Crippen LogP contribution in [-0.2, 0) is 19.1 Å². The number of rotatable bonds is 7. The average Bonchev–Trinajstić information content (AvgIpc) is 2.98. The first-order chi connectivity index (χ1) is 11.9. The van der Waals surface area contributed by atoms with Gasteiger partial charge in [0.2, 0.25) is 11.8 Å². The van der Waals surface area contributed by atoms with E-state index in [1.807, 2.05) is 25.1 Å². The van der Waals surface area contributed by atoms with E-state index in [0.717, 1.165) is 15.7 Å². The highest BCUT2D eigenvalue weighted by Crippen LogP contribution is 2.28. The standard InChI is InChI=1S/C18H23BrN2O4/c1-12-9-14(6-7-15(12)19)21-11-13(10-16(21)22)18(24)20-8-4-3-5-17(23)25-2/h6-7,9,13H,3-5,8,10-11H2,1-2H3,(H,20,24). The molecule has 0 bridgehead atoms. The molecule has 6 nitrogen and oxygen atoms in total. The van der Waals surface area contributed by atoms with Crippen molar-refractivity contribution in [1.82, 2.24) is 5.32 Å². The first-order valence-electron chi connectivity index (χ1n) is 8.33. The maximum Gasteiger partial charge on any atom is 0.305 e. The molecular formula is C18H23BrN2O4. The van der Waals surface area contributed by atoms with Crippen LogP contribution in [0.1, 0.15) is 31.2 Å². The van der Waals surface area contributed by atoms with Crippen molar-refractivity contribution in [3.63, 3.8) is 0 Å². The number of hydrogen-bond donors (Lipinski definition) is 1. The van der Waals surface area contributed by atoms with Gasteiger partial charge in [-0.3, -0.25) is 14.4 Å². The van der Waals surface area contributed by atoms with Crippen LogP contribution in [0.4, 0.5) is 5.69 Å². The fourth-order valence-electron chi connectivity index (χ4n) is 2.78. The van der Waals surface area contributed by atoms with E-state index in [0.29, 0.717) is 32.4 Å². The predicted molar refractivity (Wildman–Crippen MR) is 98.2 cm³/mol. The number of ether oxygens (including phenoxy) is 1. The summed E-state index contributed by atoms with van der Waals surface area (Å²) in [6, 6.07) is 5.73. The van der Waals surface area contributed by atoms with Crippen LogP contribution in [0.3, 0.4) is 0 Å². The molecule has 1 atom stereocenters. The first kappa shape index (κ1) is 19.4. The Morgan fingerprint density at radius 2 is 2.12 bits per heavy atom. The quantitative estimate of drug-likeness (QED) is 0.553. The number of anilines is 1. The third-order valence-electron chi connectivity index (χ3n) is 4.28. The lowest BCUT2D eigenvalue weighted by atomic mass is 10.1. The number of benzene rings is 1. The number of nitrogens with zero attached hydrogens (tertiary/aromatic N) is 1. The SMILES string of the molecule is COC(=O)CCCCNC(=O)C1CC(=O)N(c2ccc(Br)c(C)c2)C1. The largest absolute Gasteiger partial charge is 0.469 e. The molecule has 1 aliphatic heterocycles. The number of carbonyl (C=O) groups is 3. The van der Waals surface area contributed by atoms with E-state index in [2.05, 4.69) is 26.0 Å². The third kappa shape index (κ3) is 5.29. The summed E-state index contributed by atoms with van der Waals surface area (Å²) in [5.41, 5.74) is 1.86. The van der Waals surface area contributed by atoms with Gasteiger partial charge in [-0.1, -0.05) is 15.9 Å². The van der Waals surface area contributed by atoms with E-state index in [4.69, 9.17) is 0 Å². The average molecular weight is 411 g/mol. The minimum Gasteiger partial charge on any atom is -0.469 e. The van der Waals surface area contributed by atoms with E-state index in [-0.39, 0.29) is 30.1 Å². The fraction of sp³-hybridized carbons (Fsp3) is 0.500. The van der Waals surface area contributed by atoms with Gasteiger partial charge in [0.15, 0.2) is 0 Å². The lowest BCUT2D eigenvalue weighted by molar-refractivity contribution is -0.140. The maximum absolute atomic E-state index is 12.3. The topological polar surface area (TPSA) is 75.7 Å². The molecule has 2 amide bonds. The number of methoxy groups -OCH3 is 1. The molecule has 1 aliphatic rings. The number of amides is 2. The Labute approximate surface area is 156 Å². The summed E-state index contributed by atoms with van der Waals surface area (Å²) in [4.78, 5) is 37.2. The smallest absolute Gasteiger partial charge is 0.305 e. The zero-order valence-corrected chi connectivity index (χ0v) is 16.1. The lowest BCUT2D eigenvalue weighted by Gasteiger charge is -2.17. The van der Waals surface area contributed by atoms with Crippen molar-refractivity contribution in [2.24, 2.45) is 5.92 Å². The summed E-state index contributed by atoms with van der Waals surface area (Å²) in [6.45, 7) is 2.86. The molecule has 1 heterocycles. The molecule has 1 aromatic carbocycles. The van der Waals surface area contributed by atoms with Crippen LogP contribution in [0.15, 0.2) is 22.7 Å². The van der Waals surface area contributed by atoms with Gasteiger partial charge in [-0.2, -0.15) is 0 Å². The van der Waals surface area contributed by atoms with Crippen LogP contribution in [0.5, 0.6) is 0 Å². The second kappa shape index (κ2) is 8.99. The van der Waals surface area contributed by atoms with Crippen molar-refractivity contribution in [2.75, 3.05) is 25.1 Å². The molecule has 1 saturated heterocycles. The van der Waals surface area contributed by atoms with Gasteiger partial charge >= 0.3 is 5.97 Å².